The van der Waals surface area contributed by atoms with E-state index in [-0.39, 0.29) is 5.41 Å². The molecule has 72 valence electrons. The van der Waals surface area contributed by atoms with E-state index in [1.165, 1.54) is 10.6 Å². The fourth-order valence-corrected chi connectivity index (χ4v) is 2.61. The molecule has 1 aromatic rings. The van der Waals surface area contributed by atoms with Gasteiger partial charge in [0.05, 0.1) is 0 Å². The third-order valence-electron chi connectivity index (χ3n) is 2.19. The lowest BCUT2D eigenvalue weighted by atomic mass is 9.88. The van der Waals surface area contributed by atoms with Crippen LogP contribution in [-0.4, -0.2) is 13.2 Å². The van der Waals surface area contributed by atoms with Crippen LogP contribution in [0.25, 0.3) is 0 Å². The van der Waals surface area contributed by atoms with Crippen LogP contribution in [0.15, 0.2) is 5.38 Å². The normalized spacial score (nSPS) is 15.9. The number of nitrogens with one attached hydrogen (secondary N) is 1. The lowest BCUT2D eigenvalue weighted by molar-refractivity contribution is 0.316. The summed E-state index contributed by atoms with van der Waals surface area (Å²) in [7, 11) is 0. The standard InChI is InChI=1S/C10H15NOS/c1-10(2,3)7-6-13-9-8(7)12-5-4-11-9/h6,11H,4-5H2,1-3H3. The number of thiophene rings is 1. The average Bonchev–Trinajstić information content (AvgIpc) is 2.45. The molecule has 0 bridgehead atoms. The van der Waals surface area contributed by atoms with Crippen LogP contribution in [0.3, 0.4) is 0 Å². The molecule has 2 rings (SSSR count). The largest absolute Gasteiger partial charge is 0.488 e. The van der Waals surface area contributed by atoms with E-state index >= 15 is 0 Å². The molecule has 0 saturated heterocycles. The molecule has 0 radical (unpaired) electrons. The Hall–Kier alpha value is -0.700. The molecule has 0 atom stereocenters. The molecule has 13 heavy (non-hydrogen) atoms. The van der Waals surface area contributed by atoms with Crippen molar-refractivity contribution in [2.45, 2.75) is 26.2 Å². The summed E-state index contributed by atoms with van der Waals surface area (Å²) >= 11 is 1.74. The molecule has 0 aromatic carbocycles. The maximum Gasteiger partial charge on any atom is 0.157 e. The molecule has 2 heterocycles. The Morgan fingerprint density at radius 1 is 1.46 bits per heavy atom. The second-order valence-electron chi connectivity index (χ2n) is 4.33. The second-order valence-corrected chi connectivity index (χ2v) is 5.21. The summed E-state index contributed by atoms with van der Waals surface area (Å²) < 4.78 is 5.67. The van der Waals surface area contributed by atoms with Crippen molar-refractivity contribution < 1.29 is 4.74 Å². The van der Waals surface area contributed by atoms with Gasteiger partial charge in [-0.05, 0) is 5.41 Å². The molecule has 1 aliphatic rings. The topological polar surface area (TPSA) is 21.3 Å². The van der Waals surface area contributed by atoms with Crippen LogP contribution in [-0.2, 0) is 5.41 Å². The highest BCUT2D eigenvalue weighted by molar-refractivity contribution is 7.14. The van der Waals surface area contributed by atoms with Crippen LogP contribution in [0.2, 0.25) is 0 Å². The Morgan fingerprint density at radius 3 is 2.92 bits per heavy atom. The number of fused-ring (bicyclic) bond motifs is 1. The summed E-state index contributed by atoms with van der Waals surface area (Å²) in [5, 5.41) is 6.74. The summed E-state index contributed by atoms with van der Waals surface area (Å²) in [5.74, 6) is 1.07. The number of anilines is 1. The fourth-order valence-electron chi connectivity index (χ4n) is 1.45. The quantitative estimate of drug-likeness (QED) is 0.690. The van der Waals surface area contributed by atoms with E-state index in [9.17, 15) is 0 Å². The molecule has 1 N–H and O–H groups in total. The summed E-state index contributed by atoms with van der Waals surface area (Å²) in [4.78, 5) is 0. The Morgan fingerprint density at radius 2 is 2.23 bits per heavy atom. The van der Waals surface area contributed by atoms with Crippen molar-refractivity contribution >= 4 is 16.3 Å². The van der Waals surface area contributed by atoms with Gasteiger partial charge in [-0.15, -0.1) is 11.3 Å². The highest BCUT2D eigenvalue weighted by Gasteiger charge is 2.25. The average molecular weight is 197 g/mol. The molecule has 0 unspecified atom stereocenters. The van der Waals surface area contributed by atoms with Crippen molar-refractivity contribution in [3.8, 4) is 5.75 Å². The predicted octanol–water partition coefficient (Wildman–Crippen LogP) is 2.85. The maximum absolute atomic E-state index is 5.67. The van der Waals surface area contributed by atoms with E-state index in [0.29, 0.717) is 0 Å². The predicted molar refractivity (Wildman–Crippen MR) is 57.0 cm³/mol. The van der Waals surface area contributed by atoms with Gasteiger partial charge in [0.2, 0.25) is 0 Å². The first-order valence-electron chi connectivity index (χ1n) is 4.57. The van der Waals surface area contributed by atoms with Crippen molar-refractivity contribution in [1.29, 1.82) is 0 Å². The Bertz CT molecular complexity index is 311. The van der Waals surface area contributed by atoms with Crippen LogP contribution in [0, 0.1) is 0 Å². The molecule has 0 fully saturated rings. The molecule has 0 saturated carbocycles. The van der Waals surface area contributed by atoms with Crippen molar-refractivity contribution in [1.82, 2.24) is 0 Å². The molecule has 0 amide bonds. The second kappa shape index (κ2) is 2.91. The van der Waals surface area contributed by atoms with Crippen LogP contribution < -0.4 is 10.1 Å². The number of ether oxygens (including phenoxy) is 1. The third-order valence-corrected chi connectivity index (χ3v) is 3.11. The number of hydrogen-bond donors (Lipinski definition) is 1. The Kier molecular flexibility index (Phi) is 1.99. The van der Waals surface area contributed by atoms with Crippen molar-refractivity contribution in [2.75, 3.05) is 18.5 Å². The fraction of sp³-hybridized carbons (Fsp3) is 0.600. The number of hydrogen-bond acceptors (Lipinski definition) is 3. The zero-order valence-electron chi connectivity index (χ0n) is 8.31. The van der Waals surface area contributed by atoms with Gasteiger partial charge in [0.1, 0.15) is 11.6 Å². The van der Waals surface area contributed by atoms with Crippen molar-refractivity contribution in [2.24, 2.45) is 0 Å². The maximum atomic E-state index is 5.67. The van der Waals surface area contributed by atoms with Gasteiger partial charge in [-0.2, -0.15) is 0 Å². The van der Waals surface area contributed by atoms with E-state index in [0.717, 1.165) is 18.9 Å². The van der Waals surface area contributed by atoms with E-state index in [2.05, 4.69) is 31.5 Å². The lowest BCUT2D eigenvalue weighted by Crippen LogP contribution is -2.19. The molecule has 0 spiro atoms. The molecular weight excluding hydrogens is 182 g/mol. The van der Waals surface area contributed by atoms with Crippen LogP contribution in [0.1, 0.15) is 26.3 Å². The minimum atomic E-state index is 0.184. The van der Waals surface area contributed by atoms with Gasteiger partial charge in [-0.25, -0.2) is 0 Å². The van der Waals surface area contributed by atoms with Gasteiger partial charge in [0.25, 0.3) is 0 Å². The van der Waals surface area contributed by atoms with E-state index in [4.69, 9.17) is 4.74 Å². The van der Waals surface area contributed by atoms with E-state index in [1.54, 1.807) is 11.3 Å². The minimum Gasteiger partial charge on any atom is -0.488 e. The van der Waals surface area contributed by atoms with Gasteiger partial charge in [0, 0.05) is 17.5 Å². The van der Waals surface area contributed by atoms with Gasteiger partial charge < -0.3 is 10.1 Å². The summed E-state index contributed by atoms with van der Waals surface area (Å²) in [6.07, 6.45) is 0. The smallest absolute Gasteiger partial charge is 0.157 e. The Balaban J connectivity index is 2.43. The molecule has 0 aliphatic carbocycles. The lowest BCUT2D eigenvalue weighted by Gasteiger charge is -2.22. The zero-order valence-corrected chi connectivity index (χ0v) is 9.12. The van der Waals surface area contributed by atoms with Crippen molar-refractivity contribution in [3.05, 3.63) is 10.9 Å². The highest BCUT2D eigenvalue weighted by atomic mass is 32.1. The summed E-state index contributed by atoms with van der Waals surface area (Å²) in [6, 6.07) is 0. The van der Waals surface area contributed by atoms with Gasteiger partial charge in [-0.1, -0.05) is 20.8 Å². The first-order chi connectivity index (χ1) is 6.09. The van der Waals surface area contributed by atoms with Crippen LogP contribution in [0.4, 0.5) is 5.00 Å². The van der Waals surface area contributed by atoms with Gasteiger partial charge in [0.15, 0.2) is 5.75 Å². The number of rotatable bonds is 0. The minimum absolute atomic E-state index is 0.184. The first kappa shape index (κ1) is 8.88. The molecule has 1 aromatic heterocycles. The van der Waals surface area contributed by atoms with Crippen molar-refractivity contribution in [3.63, 3.8) is 0 Å². The SMILES string of the molecule is CC(C)(C)c1csc2c1OCCN2. The van der Waals surface area contributed by atoms with Gasteiger partial charge >= 0.3 is 0 Å². The summed E-state index contributed by atoms with van der Waals surface area (Å²) in [5.41, 5.74) is 1.50. The first-order valence-corrected chi connectivity index (χ1v) is 5.45. The van der Waals surface area contributed by atoms with E-state index in [1.807, 2.05) is 0 Å². The molecule has 1 aliphatic heterocycles. The monoisotopic (exact) mass is 197 g/mol. The van der Waals surface area contributed by atoms with Gasteiger partial charge in [-0.3, -0.25) is 0 Å². The zero-order chi connectivity index (χ0) is 9.47. The molecular formula is C10H15NOS. The molecule has 3 heteroatoms. The highest BCUT2D eigenvalue weighted by Crippen LogP contribution is 2.43. The van der Waals surface area contributed by atoms with Crippen LogP contribution >= 0.6 is 11.3 Å². The third kappa shape index (κ3) is 1.53. The summed E-state index contributed by atoms with van der Waals surface area (Å²) in [6.45, 7) is 8.36. The van der Waals surface area contributed by atoms with Crippen LogP contribution in [0.5, 0.6) is 5.75 Å². The molecule has 2 nitrogen and oxygen atoms in total. The van der Waals surface area contributed by atoms with E-state index < -0.39 is 0 Å². The Labute approximate surface area is 82.9 Å².